The third-order valence-corrected chi connectivity index (χ3v) is 4.67. The molecule has 0 bridgehead atoms. The molecular formula is C20H20BCl2N5O2. The fraction of sp³-hybridized carbons (Fsp3) is 0.250. The molecule has 10 heteroatoms. The first kappa shape index (κ1) is 22.1. The van der Waals surface area contributed by atoms with Crippen LogP contribution in [-0.4, -0.2) is 45.9 Å². The maximum atomic E-state index is 12.7. The summed E-state index contributed by atoms with van der Waals surface area (Å²) < 4.78 is 0. The van der Waals surface area contributed by atoms with Crippen LogP contribution in [0, 0.1) is 0 Å². The first-order valence-electron chi connectivity index (χ1n) is 9.10. The summed E-state index contributed by atoms with van der Waals surface area (Å²) >= 11 is 12.2. The maximum Gasteiger partial charge on any atom is 0.268 e. The Balaban J connectivity index is 1.80. The molecule has 0 unspecified atom stereocenters. The molecule has 7 nitrogen and oxygen atoms in total. The van der Waals surface area contributed by atoms with Crippen molar-refractivity contribution in [2.24, 2.45) is 0 Å². The van der Waals surface area contributed by atoms with Gasteiger partial charge >= 0.3 is 0 Å². The zero-order valence-electron chi connectivity index (χ0n) is 16.4. The van der Waals surface area contributed by atoms with Gasteiger partial charge in [-0.1, -0.05) is 37.0 Å². The zero-order chi connectivity index (χ0) is 21.9. The third kappa shape index (κ3) is 5.53. The number of hydrogen-bond donors (Lipinski definition) is 4. The predicted octanol–water partition coefficient (Wildman–Crippen LogP) is 3.56. The van der Waals surface area contributed by atoms with E-state index in [-0.39, 0.29) is 6.61 Å². The van der Waals surface area contributed by atoms with Crippen LogP contribution < -0.4 is 10.6 Å². The van der Waals surface area contributed by atoms with Gasteiger partial charge in [0.25, 0.3) is 5.91 Å². The third-order valence-electron chi connectivity index (χ3n) is 4.16. The van der Waals surface area contributed by atoms with Gasteiger partial charge in [-0.2, -0.15) is 0 Å². The normalized spacial score (nSPS) is 12.4. The summed E-state index contributed by atoms with van der Waals surface area (Å²) in [5, 5.41) is 16.4. The molecule has 3 heterocycles. The van der Waals surface area contributed by atoms with Gasteiger partial charge in [0, 0.05) is 35.9 Å². The summed E-state index contributed by atoms with van der Waals surface area (Å²) in [4.78, 5) is 23.8. The van der Waals surface area contributed by atoms with E-state index >= 15 is 0 Å². The summed E-state index contributed by atoms with van der Waals surface area (Å²) in [5.41, 5.74) is 1.64. The summed E-state index contributed by atoms with van der Waals surface area (Å²) in [6.45, 7) is 3.32. The number of halogens is 2. The molecule has 0 fully saturated rings. The number of amides is 1. The summed E-state index contributed by atoms with van der Waals surface area (Å²) in [7, 11) is 5.98. The Kier molecular flexibility index (Phi) is 6.70. The fourth-order valence-electron chi connectivity index (χ4n) is 2.83. The van der Waals surface area contributed by atoms with Gasteiger partial charge in [-0.05, 0) is 29.2 Å². The fourth-order valence-corrected chi connectivity index (χ4v) is 3.22. The van der Waals surface area contributed by atoms with Crippen molar-refractivity contribution in [1.82, 2.24) is 20.3 Å². The number of aliphatic hydroxyl groups is 1. The average Bonchev–Trinajstić information content (AvgIpc) is 3.16. The highest BCUT2D eigenvalue weighted by Gasteiger charge is 2.18. The molecule has 3 aromatic rings. The molecule has 0 saturated heterocycles. The van der Waals surface area contributed by atoms with E-state index in [1.165, 1.54) is 18.6 Å². The summed E-state index contributed by atoms with van der Waals surface area (Å²) in [6.07, 6.45) is 6.21. The molecule has 2 radical (unpaired) electrons. The van der Waals surface area contributed by atoms with Crippen LogP contribution in [0.1, 0.15) is 35.9 Å². The van der Waals surface area contributed by atoms with Gasteiger partial charge in [-0.25, -0.2) is 4.98 Å². The van der Waals surface area contributed by atoms with Crippen molar-refractivity contribution in [3.05, 3.63) is 64.3 Å². The van der Waals surface area contributed by atoms with Crippen molar-refractivity contribution in [2.45, 2.75) is 25.3 Å². The zero-order valence-corrected chi connectivity index (χ0v) is 17.9. The number of aromatic nitrogens is 3. The summed E-state index contributed by atoms with van der Waals surface area (Å²) in [5.74, 6) is 0.162. The van der Waals surface area contributed by atoms with E-state index in [2.05, 4.69) is 25.6 Å². The lowest BCUT2D eigenvalue weighted by atomic mass is 9.82. The quantitative estimate of drug-likeness (QED) is 0.418. The SMILES string of the molecule is [B]C(C)(C)Nc1cc(-c2c[nH]c(C(=O)N[C@H](CO)c3cncc(Cl)c3)c2)c(Cl)cn1. The molecule has 0 aliphatic heterocycles. The number of nitrogens with one attached hydrogen (secondary N) is 3. The molecule has 0 aromatic carbocycles. The first-order chi connectivity index (χ1) is 14.2. The van der Waals surface area contributed by atoms with E-state index in [9.17, 15) is 9.90 Å². The Morgan fingerprint density at radius 2 is 2.03 bits per heavy atom. The number of nitrogens with zero attached hydrogens (tertiary/aromatic N) is 2. The van der Waals surface area contributed by atoms with E-state index in [0.717, 1.165) is 0 Å². The molecule has 30 heavy (non-hydrogen) atoms. The minimum atomic E-state index is -0.657. The van der Waals surface area contributed by atoms with Crippen molar-refractivity contribution >= 4 is 42.8 Å². The molecule has 0 saturated carbocycles. The van der Waals surface area contributed by atoms with E-state index < -0.39 is 17.4 Å². The highest BCUT2D eigenvalue weighted by molar-refractivity contribution is 6.33. The lowest BCUT2D eigenvalue weighted by molar-refractivity contribution is 0.0911. The second-order valence-corrected chi connectivity index (χ2v) is 8.19. The Morgan fingerprint density at radius 1 is 1.27 bits per heavy atom. The number of hydrogen-bond acceptors (Lipinski definition) is 5. The molecule has 1 atom stereocenters. The van der Waals surface area contributed by atoms with Gasteiger partial charge in [-0.15, -0.1) is 0 Å². The van der Waals surface area contributed by atoms with Crippen LogP contribution in [-0.2, 0) is 0 Å². The largest absolute Gasteiger partial charge is 0.394 e. The molecule has 4 N–H and O–H groups in total. The number of rotatable bonds is 7. The smallest absolute Gasteiger partial charge is 0.268 e. The molecule has 1 amide bonds. The molecule has 0 aliphatic carbocycles. The number of aromatic amines is 1. The van der Waals surface area contributed by atoms with Gasteiger partial charge in [0.2, 0.25) is 0 Å². The average molecular weight is 444 g/mol. The van der Waals surface area contributed by atoms with Crippen LogP contribution in [0.5, 0.6) is 0 Å². The van der Waals surface area contributed by atoms with Gasteiger partial charge in [0.1, 0.15) is 19.4 Å². The number of carbonyl (C=O) groups excluding carboxylic acids is 1. The van der Waals surface area contributed by atoms with E-state index in [1.54, 1.807) is 24.4 Å². The van der Waals surface area contributed by atoms with Crippen LogP contribution in [0.25, 0.3) is 11.1 Å². The van der Waals surface area contributed by atoms with Gasteiger partial charge < -0.3 is 20.7 Å². The Bertz CT molecular complexity index is 1050. The van der Waals surface area contributed by atoms with Crippen molar-refractivity contribution in [3.8, 4) is 11.1 Å². The molecule has 0 aliphatic rings. The monoisotopic (exact) mass is 443 g/mol. The van der Waals surface area contributed by atoms with Crippen molar-refractivity contribution in [3.63, 3.8) is 0 Å². The van der Waals surface area contributed by atoms with Crippen LogP contribution >= 0.6 is 23.2 Å². The predicted molar refractivity (Wildman–Crippen MR) is 119 cm³/mol. The number of aliphatic hydroxyl groups excluding tert-OH is 1. The highest BCUT2D eigenvalue weighted by atomic mass is 35.5. The van der Waals surface area contributed by atoms with Gasteiger partial charge in [0.05, 0.1) is 22.7 Å². The Hall–Kier alpha value is -2.55. The van der Waals surface area contributed by atoms with Crippen LogP contribution in [0.2, 0.25) is 10.0 Å². The molecule has 154 valence electrons. The highest BCUT2D eigenvalue weighted by Crippen LogP contribution is 2.30. The lowest BCUT2D eigenvalue weighted by Crippen LogP contribution is -2.31. The number of carbonyl (C=O) groups is 1. The minimum absolute atomic E-state index is 0.304. The molecular weight excluding hydrogens is 424 g/mol. The first-order valence-corrected chi connectivity index (χ1v) is 9.85. The molecule has 0 spiro atoms. The minimum Gasteiger partial charge on any atom is -0.394 e. The molecule has 3 rings (SSSR count). The summed E-state index contributed by atoms with van der Waals surface area (Å²) in [6, 6.07) is 4.41. The second-order valence-electron chi connectivity index (χ2n) is 7.34. The van der Waals surface area contributed by atoms with E-state index in [4.69, 9.17) is 31.0 Å². The van der Waals surface area contributed by atoms with Gasteiger partial charge in [0.15, 0.2) is 0 Å². The topological polar surface area (TPSA) is 103 Å². The van der Waals surface area contributed by atoms with Crippen LogP contribution in [0.3, 0.4) is 0 Å². The standard InChI is InChI=1S/C20H20BCl2N5O2/c1-20(2,21)28-18-5-14(15(23)9-26-18)11-4-16(25-7-11)19(30)27-17(10-29)12-3-13(22)8-24-6-12/h3-9,17,25,29H,10H2,1-2H3,(H,26,28)(H,27,30)/t17-/m1/s1. The lowest BCUT2D eigenvalue weighted by Gasteiger charge is -2.22. The maximum absolute atomic E-state index is 12.7. The second kappa shape index (κ2) is 9.08. The Labute approximate surface area is 185 Å². The van der Waals surface area contributed by atoms with Crippen molar-refractivity contribution in [1.29, 1.82) is 0 Å². The van der Waals surface area contributed by atoms with E-state index in [1.807, 2.05) is 13.8 Å². The Morgan fingerprint density at radius 3 is 2.70 bits per heavy atom. The van der Waals surface area contributed by atoms with Crippen molar-refractivity contribution < 1.29 is 9.90 Å². The van der Waals surface area contributed by atoms with Gasteiger partial charge in [-0.3, -0.25) is 9.78 Å². The number of H-pyrrole nitrogens is 1. The van der Waals surface area contributed by atoms with Crippen molar-refractivity contribution in [2.75, 3.05) is 11.9 Å². The number of pyridine rings is 2. The van der Waals surface area contributed by atoms with Crippen LogP contribution in [0.4, 0.5) is 5.82 Å². The molecule has 3 aromatic heterocycles. The van der Waals surface area contributed by atoms with E-state index in [0.29, 0.717) is 38.2 Å². The number of anilines is 1. The van der Waals surface area contributed by atoms with Crippen LogP contribution in [0.15, 0.2) is 43.0 Å².